The van der Waals surface area contributed by atoms with Crippen LogP contribution in [0.15, 0.2) is 47.4 Å². The smallest absolute Gasteiger partial charge is 0.240 e. The third-order valence-electron chi connectivity index (χ3n) is 5.80. The molecule has 31 heavy (non-hydrogen) atoms. The zero-order chi connectivity index (χ0) is 21.8. The Kier molecular flexibility index (Phi) is 6.62. The molecule has 0 bridgehead atoms. The molecule has 7 heteroatoms. The highest BCUT2D eigenvalue weighted by atomic mass is 32.2. The van der Waals surface area contributed by atoms with Gasteiger partial charge in [0.25, 0.3) is 0 Å². The number of carbonyl (C=O) groups is 1. The van der Waals surface area contributed by atoms with Gasteiger partial charge in [-0.15, -0.1) is 0 Å². The van der Waals surface area contributed by atoms with Crippen molar-refractivity contribution in [3.05, 3.63) is 53.6 Å². The maximum atomic E-state index is 12.8. The number of ether oxygens (including phenoxy) is 1. The molecule has 0 aromatic heterocycles. The van der Waals surface area contributed by atoms with E-state index in [4.69, 9.17) is 4.74 Å². The Morgan fingerprint density at radius 1 is 1.19 bits per heavy atom. The van der Waals surface area contributed by atoms with Crippen LogP contribution in [0.1, 0.15) is 43.7 Å². The molecule has 0 spiro atoms. The number of fused-ring (bicyclic) bond motifs is 1. The topological polar surface area (TPSA) is 75.7 Å². The average Bonchev–Trinajstić information content (AvgIpc) is 3.54. The van der Waals surface area contributed by atoms with Gasteiger partial charge in [0.05, 0.1) is 11.5 Å². The Balaban J connectivity index is 1.34. The van der Waals surface area contributed by atoms with E-state index in [-0.39, 0.29) is 16.7 Å². The number of benzene rings is 2. The lowest BCUT2D eigenvalue weighted by molar-refractivity contribution is -0.119. The summed E-state index contributed by atoms with van der Waals surface area (Å²) in [5.74, 6) is 1.21. The molecule has 1 amide bonds. The lowest BCUT2D eigenvalue weighted by atomic mass is 10.1. The zero-order valence-electron chi connectivity index (χ0n) is 18.0. The third-order valence-corrected chi connectivity index (χ3v) is 7.26. The van der Waals surface area contributed by atoms with Crippen molar-refractivity contribution < 1.29 is 17.9 Å². The third kappa shape index (κ3) is 5.10. The maximum Gasteiger partial charge on any atom is 0.240 e. The van der Waals surface area contributed by atoms with Gasteiger partial charge < -0.3 is 9.64 Å². The zero-order valence-corrected chi connectivity index (χ0v) is 18.8. The van der Waals surface area contributed by atoms with Gasteiger partial charge in [-0.1, -0.05) is 25.1 Å². The van der Waals surface area contributed by atoms with Gasteiger partial charge in [-0.2, -0.15) is 0 Å². The first kappa shape index (κ1) is 21.8. The summed E-state index contributed by atoms with van der Waals surface area (Å²) in [5.41, 5.74) is 2.88. The fourth-order valence-electron chi connectivity index (χ4n) is 3.96. The normalized spacial score (nSPS) is 15.7. The van der Waals surface area contributed by atoms with E-state index in [0.717, 1.165) is 48.2 Å². The minimum Gasteiger partial charge on any atom is -0.493 e. The lowest BCUT2D eigenvalue weighted by Gasteiger charge is -2.17. The summed E-state index contributed by atoms with van der Waals surface area (Å²) < 4.78 is 34.0. The maximum absolute atomic E-state index is 12.8. The molecule has 1 saturated carbocycles. The summed E-state index contributed by atoms with van der Waals surface area (Å²) in [6, 6.07) is 13.0. The molecule has 0 atom stereocenters. The number of carbonyl (C=O) groups excluding carboxylic acids is 1. The van der Waals surface area contributed by atoms with Crippen molar-refractivity contribution in [2.75, 3.05) is 24.6 Å². The molecule has 1 heterocycles. The van der Waals surface area contributed by atoms with Crippen molar-refractivity contribution in [3.63, 3.8) is 0 Å². The Labute approximate surface area is 184 Å². The molecule has 1 N–H and O–H groups in total. The number of hydrogen-bond donors (Lipinski definition) is 1. The summed E-state index contributed by atoms with van der Waals surface area (Å²) >= 11 is 0. The van der Waals surface area contributed by atoms with Crippen LogP contribution in [-0.4, -0.2) is 34.0 Å². The number of nitrogens with zero attached hydrogens (tertiary/aromatic N) is 1. The second kappa shape index (κ2) is 9.40. The molecule has 166 valence electrons. The number of para-hydroxylation sites is 1. The van der Waals surface area contributed by atoms with Crippen LogP contribution in [-0.2, 0) is 27.7 Å². The number of amides is 1. The molecule has 6 nitrogen and oxygen atoms in total. The highest BCUT2D eigenvalue weighted by Gasteiger charge is 2.36. The van der Waals surface area contributed by atoms with Crippen molar-refractivity contribution in [3.8, 4) is 5.75 Å². The second-order valence-corrected chi connectivity index (χ2v) is 10.0. The van der Waals surface area contributed by atoms with Crippen LogP contribution in [0.3, 0.4) is 0 Å². The first-order valence-electron chi connectivity index (χ1n) is 11.1. The van der Waals surface area contributed by atoms with Crippen LogP contribution in [0.5, 0.6) is 5.75 Å². The Morgan fingerprint density at radius 3 is 2.77 bits per heavy atom. The molecule has 2 aliphatic rings. The van der Waals surface area contributed by atoms with E-state index in [1.54, 1.807) is 18.2 Å². The molecule has 4 rings (SSSR count). The van der Waals surface area contributed by atoms with Gasteiger partial charge in [-0.25, -0.2) is 13.1 Å². The number of aryl methyl sites for hydroxylation is 1. The van der Waals surface area contributed by atoms with Crippen LogP contribution in [0.25, 0.3) is 0 Å². The van der Waals surface area contributed by atoms with Crippen molar-refractivity contribution in [1.82, 2.24) is 4.72 Å². The van der Waals surface area contributed by atoms with Gasteiger partial charge in [-0.3, -0.25) is 4.79 Å². The van der Waals surface area contributed by atoms with E-state index < -0.39 is 10.0 Å². The molecule has 2 aromatic carbocycles. The van der Waals surface area contributed by atoms with Crippen LogP contribution < -0.4 is 14.4 Å². The minimum absolute atomic E-state index is 0.161. The highest BCUT2D eigenvalue weighted by molar-refractivity contribution is 7.89. The molecule has 1 fully saturated rings. The fourth-order valence-corrected chi connectivity index (χ4v) is 5.08. The van der Waals surface area contributed by atoms with Crippen LogP contribution in [0.4, 0.5) is 5.69 Å². The number of hydrogen-bond acceptors (Lipinski definition) is 4. The molecular formula is C24H30N2O4S. The van der Waals surface area contributed by atoms with E-state index in [0.29, 0.717) is 32.5 Å². The number of rotatable bonds is 10. The largest absolute Gasteiger partial charge is 0.493 e. The summed E-state index contributed by atoms with van der Waals surface area (Å²) in [7, 11) is -3.59. The summed E-state index contributed by atoms with van der Waals surface area (Å²) in [6.07, 6.45) is 5.00. The van der Waals surface area contributed by atoms with Crippen molar-refractivity contribution >= 4 is 21.6 Å². The second-order valence-electron chi connectivity index (χ2n) is 8.26. The van der Waals surface area contributed by atoms with E-state index in [9.17, 15) is 13.2 Å². The van der Waals surface area contributed by atoms with E-state index >= 15 is 0 Å². The Hall–Kier alpha value is -2.38. The van der Waals surface area contributed by atoms with Crippen molar-refractivity contribution in [2.45, 2.75) is 50.3 Å². The predicted molar refractivity (Wildman–Crippen MR) is 121 cm³/mol. The number of anilines is 1. The van der Waals surface area contributed by atoms with E-state index in [2.05, 4.69) is 11.6 Å². The summed E-state index contributed by atoms with van der Waals surface area (Å²) in [6.45, 7) is 3.74. The van der Waals surface area contributed by atoms with Gasteiger partial charge in [0.1, 0.15) is 5.75 Å². The van der Waals surface area contributed by atoms with Crippen LogP contribution >= 0.6 is 0 Å². The van der Waals surface area contributed by atoms with Gasteiger partial charge in [0, 0.05) is 24.7 Å². The average molecular weight is 443 g/mol. The molecular weight excluding hydrogens is 412 g/mol. The first-order chi connectivity index (χ1) is 15.0. The highest BCUT2D eigenvalue weighted by Crippen LogP contribution is 2.37. The minimum atomic E-state index is -3.59. The van der Waals surface area contributed by atoms with Crippen LogP contribution in [0.2, 0.25) is 0 Å². The standard InChI is InChI=1S/C24H30N2O4S/c1-2-16-30-23-8-4-3-6-18(23)7-5-14-25-31(28,29)21-11-12-22-20(17-21)13-15-26(22)24(27)19-9-10-19/h3-4,6,8,11-12,17,19,25H,2,5,7,9-10,13-16H2,1H3. The van der Waals surface area contributed by atoms with Gasteiger partial charge in [0.2, 0.25) is 15.9 Å². The van der Waals surface area contributed by atoms with Gasteiger partial charge in [-0.05, 0) is 73.9 Å². The van der Waals surface area contributed by atoms with E-state index in [1.807, 2.05) is 29.2 Å². The van der Waals surface area contributed by atoms with Crippen molar-refractivity contribution in [1.29, 1.82) is 0 Å². The number of nitrogens with one attached hydrogen (secondary N) is 1. The molecule has 2 aromatic rings. The lowest BCUT2D eigenvalue weighted by Crippen LogP contribution is -2.30. The summed E-state index contributed by atoms with van der Waals surface area (Å²) in [5, 5.41) is 0. The van der Waals surface area contributed by atoms with Gasteiger partial charge in [0.15, 0.2) is 0 Å². The quantitative estimate of drug-likeness (QED) is 0.570. The molecule has 0 radical (unpaired) electrons. The number of sulfonamides is 1. The van der Waals surface area contributed by atoms with Crippen molar-refractivity contribution in [2.24, 2.45) is 5.92 Å². The Bertz CT molecular complexity index is 1050. The van der Waals surface area contributed by atoms with E-state index in [1.165, 1.54) is 0 Å². The van der Waals surface area contributed by atoms with Crippen LogP contribution in [0, 0.1) is 5.92 Å². The molecule has 0 unspecified atom stereocenters. The Morgan fingerprint density at radius 2 is 2.00 bits per heavy atom. The fraction of sp³-hybridized carbons (Fsp3) is 0.458. The molecule has 0 saturated heterocycles. The molecule has 1 aliphatic heterocycles. The predicted octanol–water partition coefficient (Wildman–Crippen LogP) is 3.69. The van der Waals surface area contributed by atoms with Gasteiger partial charge >= 0.3 is 0 Å². The SMILES string of the molecule is CCCOc1ccccc1CCCNS(=O)(=O)c1ccc2c(c1)CCN2C(=O)C1CC1. The monoisotopic (exact) mass is 442 g/mol. The summed E-state index contributed by atoms with van der Waals surface area (Å²) in [4.78, 5) is 14.5. The molecule has 1 aliphatic carbocycles. The first-order valence-corrected chi connectivity index (χ1v) is 12.6.